The van der Waals surface area contributed by atoms with Crippen molar-refractivity contribution < 1.29 is 19.2 Å². The van der Waals surface area contributed by atoms with Gasteiger partial charge in [0.25, 0.3) is 5.69 Å². The monoisotopic (exact) mass is 353 g/mol. The number of benzene rings is 2. The zero-order valence-corrected chi connectivity index (χ0v) is 13.8. The summed E-state index contributed by atoms with van der Waals surface area (Å²) in [5.41, 5.74) is 2.40. The smallest absolute Gasteiger partial charge is 0.338 e. The van der Waals surface area contributed by atoms with Gasteiger partial charge in [-0.25, -0.2) is 4.79 Å². The van der Waals surface area contributed by atoms with Crippen molar-refractivity contribution >= 4 is 11.7 Å². The lowest BCUT2D eigenvalue weighted by atomic mass is 10.1. The molecule has 0 spiro atoms. The number of aromatic amines is 1. The standard InChI is InChI=1S/C18H15N3O5/c1-25-16-8-4-12(5-9-16)17-10-14(19-20-17)11-26-18(22)13-2-6-15(7-3-13)21(23)24/h2-10H,11H2,1H3,(H,19,20). The molecule has 0 aliphatic heterocycles. The van der Waals surface area contributed by atoms with E-state index in [2.05, 4.69) is 10.2 Å². The van der Waals surface area contributed by atoms with Gasteiger partial charge in [0, 0.05) is 17.7 Å². The van der Waals surface area contributed by atoms with E-state index < -0.39 is 10.9 Å². The molecule has 0 unspecified atom stereocenters. The zero-order chi connectivity index (χ0) is 18.5. The number of hydrogen-bond donors (Lipinski definition) is 1. The molecule has 0 atom stereocenters. The highest BCUT2D eigenvalue weighted by atomic mass is 16.6. The third-order valence-corrected chi connectivity index (χ3v) is 3.69. The SMILES string of the molecule is COc1ccc(-c2cc(COC(=O)c3ccc([N+](=O)[O-])cc3)[nH]n2)cc1. The molecule has 8 heteroatoms. The normalized spacial score (nSPS) is 10.3. The molecule has 26 heavy (non-hydrogen) atoms. The highest BCUT2D eigenvalue weighted by molar-refractivity contribution is 5.89. The van der Waals surface area contributed by atoms with Gasteiger partial charge in [-0.1, -0.05) is 0 Å². The fourth-order valence-corrected chi connectivity index (χ4v) is 2.29. The van der Waals surface area contributed by atoms with Crippen molar-refractivity contribution in [2.24, 2.45) is 0 Å². The number of nitrogens with one attached hydrogen (secondary N) is 1. The number of methoxy groups -OCH3 is 1. The molecule has 0 amide bonds. The van der Waals surface area contributed by atoms with Crippen LogP contribution in [0.2, 0.25) is 0 Å². The number of aromatic nitrogens is 2. The van der Waals surface area contributed by atoms with Gasteiger partial charge < -0.3 is 9.47 Å². The predicted molar refractivity (Wildman–Crippen MR) is 92.8 cm³/mol. The first-order valence-electron chi connectivity index (χ1n) is 7.67. The number of rotatable bonds is 6. The van der Waals surface area contributed by atoms with Crippen molar-refractivity contribution in [1.29, 1.82) is 0 Å². The van der Waals surface area contributed by atoms with E-state index in [4.69, 9.17) is 9.47 Å². The molecule has 8 nitrogen and oxygen atoms in total. The van der Waals surface area contributed by atoms with Gasteiger partial charge in [-0.15, -0.1) is 0 Å². The average molecular weight is 353 g/mol. The van der Waals surface area contributed by atoms with Crippen LogP contribution in [0, 0.1) is 10.1 Å². The van der Waals surface area contributed by atoms with Crippen molar-refractivity contribution in [2.45, 2.75) is 6.61 Å². The molecule has 0 aliphatic rings. The number of ether oxygens (including phenoxy) is 2. The lowest BCUT2D eigenvalue weighted by Crippen LogP contribution is -2.05. The molecular formula is C18H15N3O5. The lowest BCUT2D eigenvalue weighted by Gasteiger charge is -2.03. The van der Waals surface area contributed by atoms with Crippen LogP contribution >= 0.6 is 0 Å². The van der Waals surface area contributed by atoms with Crippen LogP contribution in [0.1, 0.15) is 16.1 Å². The largest absolute Gasteiger partial charge is 0.497 e. The number of carbonyl (C=O) groups is 1. The average Bonchev–Trinajstić information content (AvgIpc) is 3.15. The second-order valence-corrected chi connectivity index (χ2v) is 5.39. The van der Waals surface area contributed by atoms with E-state index in [0.717, 1.165) is 11.3 Å². The number of carbonyl (C=O) groups excluding carboxylic acids is 1. The minimum absolute atomic E-state index is 0.0129. The van der Waals surface area contributed by atoms with Crippen LogP contribution in [0.25, 0.3) is 11.3 Å². The molecule has 1 heterocycles. The quantitative estimate of drug-likeness (QED) is 0.414. The highest BCUT2D eigenvalue weighted by Gasteiger charge is 2.12. The number of esters is 1. The van der Waals surface area contributed by atoms with E-state index in [1.54, 1.807) is 13.2 Å². The maximum absolute atomic E-state index is 12.0. The number of nitro benzene ring substituents is 1. The molecule has 2 aromatic carbocycles. The summed E-state index contributed by atoms with van der Waals surface area (Å²) in [6, 6.07) is 14.4. The summed E-state index contributed by atoms with van der Waals surface area (Å²) in [7, 11) is 1.60. The summed E-state index contributed by atoms with van der Waals surface area (Å²) in [5.74, 6) is 0.182. The third-order valence-electron chi connectivity index (χ3n) is 3.69. The number of H-pyrrole nitrogens is 1. The van der Waals surface area contributed by atoms with Crippen molar-refractivity contribution in [2.75, 3.05) is 7.11 Å². The first kappa shape index (κ1) is 17.2. The Labute approximate surface area is 148 Å². The maximum Gasteiger partial charge on any atom is 0.338 e. The number of nitro groups is 1. The van der Waals surface area contributed by atoms with Gasteiger partial charge in [-0.2, -0.15) is 5.10 Å². The predicted octanol–water partition coefficient (Wildman–Crippen LogP) is 3.35. The first-order chi connectivity index (χ1) is 12.6. The fourth-order valence-electron chi connectivity index (χ4n) is 2.29. The van der Waals surface area contributed by atoms with Gasteiger partial charge >= 0.3 is 5.97 Å². The van der Waals surface area contributed by atoms with Crippen LogP contribution in [-0.4, -0.2) is 28.2 Å². The Bertz CT molecular complexity index is 917. The van der Waals surface area contributed by atoms with Gasteiger partial charge in [-0.3, -0.25) is 15.2 Å². The summed E-state index contributed by atoms with van der Waals surface area (Å²) in [6.07, 6.45) is 0. The second-order valence-electron chi connectivity index (χ2n) is 5.39. The first-order valence-corrected chi connectivity index (χ1v) is 7.67. The Morgan fingerprint density at radius 1 is 1.15 bits per heavy atom. The van der Waals surface area contributed by atoms with E-state index in [9.17, 15) is 14.9 Å². The molecule has 1 N–H and O–H groups in total. The summed E-state index contributed by atoms with van der Waals surface area (Å²) in [5, 5.41) is 17.6. The Kier molecular flexibility index (Phi) is 4.93. The second kappa shape index (κ2) is 7.47. The van der Waals surface area contributed by atoms with Crippen molar-refractivity contribution in [1.82, 2.24) is 10.2 Å². The Morgan fingerprint density at radius 3 is 2.46 bits per heavy atom. The summed E-state index contributed by atoms with van der Waals surface area (Å²) in [6.45, 7) is 0.0129. The Hall–Kier alpha value is -3.68. The number of hydrogen-bond acceptors (Lipinski definition) is 6. The molecule has 132 valence electrons. The fraction of sp³-hybridized carbons (Fsp3) is 0.111. The van der Waals surface area contributed by atoms with Gasteiger partial charge in [0.15, 0.2) is 0 Å². The molecule has 0 fully saturated rings. The van der Waals surface area contributed by atoms with Gasteiger partial charge in [0.2, 0.25) is 0 Å². The Morgan fingerprint density at radius 2 is 1.85 bits per heavy atom. The van der Waals surface area contributed by atoms with Crippen LogP contribution < -0.4 is 4.74 Å². The van der Waals surface area contributed by atoms with E-state index in [0.29, 0.717) is 11.4 Å². The van der Waals surface area contributed by atoms with E-state index in [1.807, 2.05) is 24.3 Å². The number of nitrogens with zero attached hydrogens (tertiary/aromatic N) is 2. The Balaban J connectivity index is 1.62. The van der Waals surface area contributed by atoms with E-state index >= 15 is 0 Å². The lowest BCUT2D eigenvalue weighted by molar-refractivity contribution is -0.384. The molecule has 1 aromatic heterocycles. The summed E-state index contributed by atoms with van der Waals surface area (Å²) < 4.78 is 10.3. The maximum atomic E-state index is 12.0. The number of non-ortho nitro benzene ring substituents is 1. The molecule has 0 saturated carbocycles. The van der Waals surface area contributed by atoms with Crippen LogP contribution in [-0.2, 0) is 11.3 Å². The third kappa shape index (κ3) is 3.86. The summed E-state index contributed by atoms with van der Waals surface area (Å²) in [4.78, 5) is 22.1. The van der Waals surface area contributed by atoms with E-state index in [1.165, 1.54) is 24.3 Å². The highest BCUT2D eigenvalue weighted by Crippen LogP contribution is 2.21. The van der Waals surface area contributed by atoms with Crippen molar-refractivity contribution in [3.8, 4) is 17.0 Å². The molecule has 0 bridgehead atoms. The molecule has 0 saturated heterocycles. The summed E-state index contributed by atoms with van der Waals surface area (Å²) >= 11 is 0. The van der Waals surface area contributed by atoms with Crippen LogP contribution in [0.5, 0.6) is 5.75 Å². The zero-order valence-electron chi connectivity index (χ0n) is 13.8. The molecule has 0 aliphatic carbocycles. The van der Waals surface area contributed by atoms with Gasteiger partial charge in [0.1, 0.15) is 12.4 Å². The van der Waals surface area contributed by atoms with Crippen molar-refractivity contribution in [3.05, 3.63) is 76.0 Å². The van der Waals surface area contributed by atoms with Crippen LogP contribution in [0.15, 0.2) is 54.6 Å². The molecule has 3 rings (SSSR count). The molecule has 3 aromatic rings. The minimum atomic E-state index is -0.569. The van der Waals surface area contributed by atoms with Gasteiger partial charge in [-0.05, 0) is 42.5 Å². The van der Waals surface area contributed by atoms with E-state index in [-0.39, 0.29) is 17.9 Å². The van der Waals surface area contributed by atoms with Crippen LogP contribution in [0.4, 0.5) is 5.69 Å². The van der Waals surface area contributed by atoms with Crippen molar-refractivity contribution in [3.63, 3.8) is 0 Å². The molecular weight excluding hydrogens is 338 g/mol. The van der Waals surface area contributed by atoms with Crippen LogP contribution in [0.3, 0.4) is 0 Å². The molecule has 0 radical (unpaired) electrons. The minimum Gasteiger partial charge on any atom is -0.497 e. The topological polar surface area (TPSA) is 107 Å². The van der Waals surface area contributed by atoms with Gasteiger partial charge in [0.05, 0.1) is 29.0 Å².